The van der Waals surface area contributed by atoms with E-state index < -0.39 is 11.7 Å². The van der Waals surface area contributed by atoms with Gasteiger partial charge in [-0.2, -0.15) is 13.2 Å². The smallest absolute Gasteiger partial charge is 0.309 e. The molecule has 9 aromatic rings. The second kappa shape index (κ2) is 13.3. The molecule has 0 radical (unpaired) electrons. The summed E-state index contributed by atoms with van der Waals surface area (Å²) < 4.78 is 44.4. The zero-order chi connectivity index (χ0) is 36.8. The molecule has 260 valence electrons. The summed E-state index contributed by atoms with van der Waals surface area (Å²) in [5, 5.41) is 2.17. The molecule has 2 aromatic heterocycles. The predicted molar refractivity (Wildman–Crippen MR) is 211 cm³/mol. The van der Waals surface area contributed by atoms with Crippen molar-refractivity contribution in [3.05, 3.63) is 181 Å². The molecule has 9 rings (SSSR count). The summed E-state index contributed by atoms with van der Waals surface area (Å²) in [6.45, 7) is 2.08. The second-order valence-corrected chi connectivity index (χ2v) is 13.3. The molecule has 0 bridgehead atoms. The molecule has 0 N–H and O–H groups in total. The van der Waals surface area contributed by atoms with Crippen LogP contribution in [0.4, 0.5) is 13.2 Å². The first-order valence-electron chi connectivity index (χ1n) is 17.6. The molecule has 0 aliphatic heterocycles. The van der Waals surface area contributed by atoms with Gasteiger partial charge in [-0.1, -0.05) is 133 Å². The van der Waals surface area contributed by atoms with Crippen LogP contribution in [-0.2, 0) is 6.18 Å². The number of halogens is 3. The van der Waals surface area contributed by atoms with Gasteiger partial charge in [0.15, 0.2) is 17.5 Å². The van der Waals surface area contributed by atoms with Crippen LogP contribution in [0.2, 0.25) is 0 Å². The molecular weight excluding hydrogens is 678 g/mol. The molecule has 7 heteroatoms. The first kappa shape index (κ1) is 33.0. The largest absolute Gasteiger partial charge is 0.416 e. The van der Waals surface area contributed by atoms with Crippen LogP contribution < -0.4 is 0 Å². The normalized spacial score (nSPS) is 11.7. The van der Waals surface area contributed by atoms with E-state index in [0.717, 1.165) is 55.8 Å². The minimum atomic E-state index is -4.51. The van der Waals surface area contributed by atoms with Crippen molar-refractivity contribution in [3.63, 3.8) is 0 Å². The summed E-state index contributed by atoms with van der Waals surface area (Å²) in [6, 6.07) is 53.7. The molecule has 7 aromatic carbocycles. The Bertz CT molecular complexity index is 2750. The van der Waals surface area contributed by atoms with Crippen molar-refractivity contribution < 1.29 is 13.2 Å². The van der Waals surface area contributed by atoms with E-state index in [1.54, 1.807) is 6.07 Å². The highest BCUT2D eigenvalue weighted by molar-refractivity contribution is 6.10. The third-order valence-corrected chi connectivity index (χ3v) is 9.76. The number of fused-ring (bicyclic) bond motifs is 3. The number of hydrogen-bond acceptors (Lipinski definition) is 3. The van der Waals surface area contributed by atoms with Crippen LogP contribution in [0, 0.1) is 6.92 Å². The molecule has 0 saturated heterocycles. The fourth-order valence-corrected chi connectivity index (χ4v) is 7.08. The Balaban J connectivity index is 1.31. The van der Waals surface area contributed by atoms with Gasteiger partial charge in [-0.15, -0.1) is 0 Å². The van der Waals surface area contributed by atoms with Crippen LogP contribution in [0.1, 0.15) is 11.1 Å². The fourth-order valence-electron chi connectivity index (χ4n) is 7.08. The summed E-state index contributed by atoms with van der Waals surface area (Å²) in [6.07, 6.45) is -4.51. The number of para-hydroxylation sites is 1. The lowest BCUT2D eigenvalue weighted by atomic mass is 9.96. The van der Waals surface area contributed by atoms with E-state index in [2.05, 4.69) is 66.1 Å². The highest BCUT2D eigenvalue weighted by Crippen LogP contribution is 2.40. The van der Waals surface area contributed by atoms with E-state index in [4.69, 9.17) is 15.0 Å². The lowest BCUT2D eigenvalue weighted by Gasteiger charge is -2.16. The summed E-state index contributed by atoms with van der Waals surface area (Å²) in [5.41, 5.74) is 8.65. The molecule has 0 fully saturated rings. The number of hydrogen-bond donors (Lipinski definition) is 0. The van der Waals surface area contributed by atoms with Crippen molar-refractivity contribution in [1.82, 2.24) is 19.5 Å². The zero-order valence-corrected chi connectivity index (χ0v) is 29.1. The van der Waals surface area contributed by atoms with Crippen LogP contribution in [-0.4, -0.2) is 19.5 Å². The third-order valence-electron chi connectivity index (χ3n) is 9.76. The van der Waals surface area contributed by atoms with E-state index >= 15 is 0 Å². The standard InChI is InChI=1S/C47H31F3N4/c1-30-19-21-31(22-20-30)34-23-26-43-40(28-34)39-17-8-9-18-42(39)54(43)37-24-25-38(35-15-10-16-36(27-35)47(48,49)50)41(29-37)46-52-44(32-11-4-2-5-12-32)51-45(53-46)33-13-6-3-7-14-33/h2-29H,1H3. The number of aryl methyl sites for hydroxylation is 1. The van der Waals surface area contributed by atoms with Gasteiger partial charge in [0, 0.05) is 33.2 Å². The quantitative estimate of drug-likeness (QED) is 0.173. The maximum Gasteiger partial charge on any atom is 0.416 e. The predicted octanol–water partition coefficient (Wildman–Crippen LogP) is 12.6. The van der Waals surface area contributed by atoms with E-state index in [9.17, 15) is 13.2 Å². The first-order valence-corrected chi connectivity index (χ1v) is 17.6. The topological polar surface area (TPSA) is 43.6 Å². The third kappa shape index (κ3) is 6.09. The molecule has 4 nitrogen and oxygen atoms in total. The van der Waals surface area contributed by atoms with Crippen molar-refractivity contribution in [2.75, 3.05) is 0 Å². The Kier molecular flexibility index (Phi) is 8.12. The maximum absolute atomic E-state index is 14.1. The summed E-state index contributed by atoms with van der Waals surface area (Å²) in [5.74, 6) is 1.26. The van der Waals surface area contributed by atoms with Gasteiger partial charge in [0.05, 0.1) is 16.6 Å². The minimum Gasteiger partial charge on any atom is -0.309 e. The molecule has 0 atom stereocenters. The van der Waals surface area contributed by atoms with E-state index in [-0.39, 0.29) is 0 Å². The van der Waals surface area contributed by atoms with Crippen LogP contribution in [0.5, 0.6) is 0 Å². The molecule has 0 spiro atoms. The van der Waals surface area contributed by atoms with Crippen molar-refractivity contribution in [3.8, 4) is 62.1 Å². The van der Waals surface area contributed by atoms with Gasteiger partial charge in [-0.25, -0.2) is 15.0 Å². The van der Waals surface area contributed by atoms with E-state index in [1.807, 2.05) is 91.0 Å². The van der Waals surface area contributed by atoms with Crippen LogP contribution >= 0.6 is 0 Å². The molecule has 0 unspecified atom stereocenters. The van der Waals surface area contributed by atoms with Crippen molar-refractivity contribution in [1.29, 1.82) is 0 Å². The van der Waals surface area contributed by atoms with Crippen molar-refractivity contribution in [2.45, 2.75) is 13.1 Å². The highest BCUT2D eigenvalue weighted by atomic mass is 19.4. The van der Waals surface area contributed by atoms with Gasteiger partial charge in [0.2, 0.25) is 0 Å². The van der Waals surface area contributed by atoms with Crippen LogP contribution in [0.15, 0.2) is 170 Å². The molecule has 0 amide bonds. The second-order valence-electron chi connectivity index (χ2n) is 13.3. The van der Waals surface area contributed by atoms with Crippen molar-refractivity contribution >= 4 is 21.8 Å². The van der Waals surface area contributed by atoms with Crippen LogP contribution in [0.25, 0.3) is 83.9 Å². The van der Waals surface area contributed by atoms with Gasteiger partial charge in [-0.3, -0.25) is 0 Å². The average Bonchev–Trinajstić information content (AvgIpc) is 3.55. The molecular formula is C47H31F3N4. The minimum absolute atomic E-state index is 0.347. The Labute approximate surface area is 309 Å². The number of rotatable bonds is 6. The number of nitrogens with zero attached hydrogens (tertiary/aromatic N) is 4. The van der Waals surface area contributed by atoms with Crippen molar-refractivity contribution in [2.24, 2.45) is 0 Å². The van der Waals surface area contributed by atoms with E-state index in [1.165, 1.54) is 17.7 Å². The SMILES string of the molecule is Cc1ccc(-c2ccc3c(c2)c2ccccc2n3-c2ccc(-c3cccc(C(F)(F)F)c3)c(-c3nc(-c4ccccc4)nc(-c4ccccc4)n3)c2)cc1. The van der Waals surface area contributed by atoms with Gasteiger partial charge in [0.25, 0.3) is 0 Å². The Hall–Kier alpha value is -6.86. The van der Waals surface area contributed by atoms with Gasteiger partial charge in [0.1, 0.15) is 0 Å². The van der Waals surface area contributed by atoms with Crippen LogP contribution in [0.3, 0.4) is 0 Å². The Morgan fingerprint density at radius 2 is 1.02 bits per heavy atom. The highest BCUT2D eigenvalue weighted by Gasteiger charge is 2.31. The fraction of sp³-hybridized carbons (Fsp3) is 0.0426. The average molecular weight is 709 g/mol. The first-order chi connectivity index (χ1) is 26.3. The summed E-state index contributed by atoms with van der Waals surface area (Å²) >= 11 is 0. The van der Waals surface area contributed by atoms with E-state index in [0.29, 0.717) is 34.2 Å². The Morgan fingerprint density at radius 3 is 1.70 bits per heavy atom. The zero-order valence-electron chi connectivity index (χ0n) is 29.1. The summed E-state index contributed by atoms with van der Waals surface area (Å²) in [4.78, 5) is 14.9. The molecule has 0 saturated carbocycles. The van der Waals surface area contributed by atoms with Gasteiger partial charge in [-0.05, 0) is 71.6 Å². The van der Waals surface area contributed by atoms with Gasteiger partial charge < -0.3 is 4.57 Å². The molecule has 0 aliphatic carbocycles. The molecule has 0 aliphatic rings. The lowest BCUT2D eigenvalue weighted by Crippen LogP contribution is -2.05. The molecule has 2 heterocycles. The van der Waals surface area contributed by atoms with Gasteiger partial charge >= 0.3 is 6.18 Å². The maximum atomic E-state index is 14.1. The lowest BCUT2D eigenvalue weighted by molar-refractivity contribution is -0.137. The number of aromatic nitrogens is 4. The Morgan fingerprint density at radius 1 is 0.426 bits per heavy atom. The number of alkyl halides is 3. The summed E-state index contributed by atoms with van der Waals surface area (Å²) in [7, 11) is 0. The number of benzene rings is 7. The molecule has 54 heavy (non-hydrogen) atoms. The monoisotopic (exact) mass is 708 g/mol.